The maximum absolute atomic E-state index is 10.4. The van der Waals surface area contributed by atoms with Crippen LogP contribution in [0, 0.1) is 5.92 Å². The normalized spacial score (nSPS) is 31.4. The van der Waals surface area contributed by atoms with Crippen molar-refractivity contribution in [1.82, 2.24) is 5.32 Å². The van der Waals surface area contributed by atoms with Crippen LogP contribution in [-0.2, 0) is 4.74 Å². The molecule has 0 aromatic carbocycles. The lowest BCUT2D eigenvalue weighted by Crippen LogP contribution is -2.43. The van der Waals surface area contributed by atoms with Crippen LogP contribution >= 0.6 is 0 Å². The Balaban J connectivity index is 2.35. The number of rotatable bonds is 1. The van der Waals surface area contributed by atoms with E-state index in [1.807, 2.05) is 0 Å². The molecular weight excluding hydrogens is 144 g/mol. The van der Waals surface area contributed by atoms with Crippen molar-refractivity contribution in [2.24, 2.45) is 11.7 Å². The van der Waals surface area contributed by atoms with Crippen LogP contribution in [0.3, 0.4) is 0 Å². The van der Waals surface area contributed by atoms with Gasteiger partial charge in [0.15, 0.2) is 0 Å². The third-order valence-electron chi connectivity index (χ3n) is 2.02. The highest BCUT2D eigenvalue weighted by atomic mass is 16.6. The van der Waals surface area contributed by atoms with E-state index in [4.69, 9.17) is 10.5 Å². The average Bonchev–Trinajstić information content (AvgIpc) is 1.93. The Bertz CT molecular complexity index is 149. The van der Waals surface area contributed by atoms with Crippen LogP contribution in [0.5, 0.6) is 0 Å². The second kappa shape index (κ2) is 3.57. The van der Waals surface area contributed by atoms with Crippen LogP contribution in [0.4, 0.5) is 4.79 Å². The lowest BCUT2D eigenvalue weighted by Gasteiger charge is -2.28. The van der Waals surface area contributed by atoms with Gasteiger partial charge in [-0.1, -0.05) is 6.92 Å². The standard InChI is InChI=1S/C7H14N2O2/c1-5-2-3-9-4-6(5)11-7(8)10/h5-6,9H,2-4H2,1H3,(H2,8,10)/t5-,6-/m0/s1. The van der Waals surface area contributed by atoms with E-state index in [9.17, 15) is 4.79 Å². The minimum absolute atomic E-state index is 0.0405. The Hall–Kier alpha value is -0.770. The van der Waals surface area contributed by atoms with E-state index in [1.165, 1.54) is 0 Å². The minimum atomic E-state index is -0.675. The van der Waals surface area contributed by atoms with Crippen LogP contribution in [0.1, 0.15) is 13.3 Å². The Kier molecular flexibility index (Phi) is 2.70. The predicted octanol–water partition coefficient (Wildman–Crippen LogP) is 0.0797. The number of hydrogen-bond donors (Lipinski definition) is 2. The topological polar surface area (TPSA) is 64.3 Å². The van der Waals surface area contributed by atoms with E-state index in [-0.39, 0.29) is 6.10 Å². The van der Waals surface area contributed by atoms with Gasteiger partial charge in [0.25, 0.3) is 0 Å². The second-order valence-electron chi connectivity index (χ2n) is 2.95. The van der Waals surface area contributed by atoms with Gasteiger partial charge in [-0.25, -0.2) is 4.79 Å². The molecule has 64 valence electrons. The molecule has 11 heavy (non-hydrogen) atoms. The van der Waals surface area contributed by atoms with Gasteiger partial charge in [0.2, 0.25) is 0 Å². The molecular formula is C7H14N2O2. The van der Waals surface area contributed by atoms with Crippen molar-refractivity contribution in [3.05, 3.63) is 0 Å². The largest absolute Gasteiger partial charge is 0.445 e. The van der Waals surface area contributed by atoms with Crippen LogP contribution < -0.4 is 11.1 Å². The summed E-state index contributed by atoms with van der Waals surface area (Å²) in [6, 6.07) is 0. The summed E-state index contributed by atoms with van der Waals surface area (Å²) in [4.78, 5) is 10.4. The summed E-state index contributed by atoms with van der Waals surface area (Å²) in [6.45, 7) is 3.79. The zero-order valence-corrected chi connectivity index (χ0v) is 6.67. The van der Waals surface area contributed by atoms with Gasteiger partial charge >= 0.3 is 6.09 Å². The molecule has 1 rings (SSSR count). The zero-order chi connectivity index (χ0) is 8.27. The van der Waals surface area contributed by atoms with E-state index >= 15 is 0 Å². The molecule has 0 aromatic rings. The fourth-order valence-corrected chi connectivity index (χ4v) is 1.27. The van der Waals surface area contributed by atoms with E-state index in [1.54, 1.807) is 0 Å². The molecule has 0 saturated carbocycles. The smallest absolute Gasteiger partial charge is 0.404 e. The molecule has 0 unspecified atom stereocenters. The third kappa shape index (κ3) is 2.38. The Morgan fingerprint density at radius 3 is 3.00 bits per heavy atom. The van der Waals surface area contributed by atoms with Gasteiger partial charge in [-0.15, -0.1) is 0 Å². The highest BCUT2D eigenvalue weighted by Gasteiger charge is 2.23. The average molecular weight is 158 g/mol. The second-order valence-corrected chi connectivity index (χ2v) is 2.95. The molecule has 0 bridgehead atoms. The first-order valence-electron chi connectivity index (χ1n) is 3.87. The molecule has 1 heterocycles. The lowest BCUT2D eigenvalue weighted by molar-refractivity contribution is 0.0583. The van der Waals surface area contributed by atoms with Gasteiger partial charge in [-0.2, -0.15) is 0 Å². The van der Waals surface area contributed by atoms with Gasteiger partial charge in [0, 0.05) is 6.54 Å². The third-order valence-corrected chi connectivity index (χ3v) is 2.02. The summed E-state index contributed by atoms with van der Waals surface area (Å²) < 4.78 is 4.88. The van der Waals surface area contributed by atoms with E-state index in [0.29, 0.717) is 5.92 Å². The Morgan fingerprint density at radius 2 is 2.45 bits per heavy atom. The van der Waals surface area contributed by atoms with Crippen LogP contribution in [0.25, 0.3) is 0 Å². The van der Waals surface area contributed by atoms with Crippen molar-refractivity contribution in [2.75, 3.05) is 13.1 Å². The number of carbonyl (C=O) groups excluding carboxylic acids is 1. The minimum Gasteiger partial charge on any atom is -0.445 e. The van der Waals surface area contributed by atoms with Crippen LogP contribution in [0.15, 0.2) is 0 Å². The van der Waals surface area contributed by atoms with Crippen LogP contribution in [-0.4, -0.2) is 25.3 Å². The quantitative estimate of drug-likeness (QED) is 0.568. The number of nitrogens with two attached hydrogens (primary N) is 1. The molecule has 1 amide bonds. The van der Waals surface area contributed by atoms with Gasteiger partial charge in [0.05, 0.1) is 0 Å². The first kappa shape index (κ1) is 8.33. The van der Waals surface area contributed by atoms with E-state index < -0.39 is 6.09 Å². The number of nitrogens with one attached hydrogen (secondary N) is 1. The molecule has 0 aromatic heterocycles. The van der Waals surface area contributed by atoms with E-state index in [2.05, 4.69) is 12.2 Å². The van der Waals surface area contributed by atoms with E-state index in [0.717, 1.165) is 19.5 Å². The number of hydrogen-bond acceptors (Lipinski definition) is 3. The molecule has 4 heteroatoms. The summed E-state index contributed by atoms with van der Waals surface area (Å²) in [5.74, 6) is 0.420. The first-order chi connectivity index (χ1) is 5.20. The number of primary amides is 1. The van der Waals surface area contributed by atoms with Crippen molar-refractivity contribution >= 4 is 6.09 Å². The van der Waals surface area contributed by atoms with Gasteiger partial charge in [-0.05, 0) is 18.9 Å². The summed E-state index contributed by atoms with van der Waals surface area (Å²) in [7, 11) is 0. The molecule has 1 fully saturated rings. The van der Waals surface area contributed by atoms with Gasteiger partial charge in [0.1, 0.15) is 6.10 Å². The zero-order valence-electron chi connectivity index (χ0n) is 6.67. The molecule has 3 N–H and O–H groups in total. The van der Waals surface area contributed by atoms with Crippen LogP contribution in [0.2, 0.25) is 0 Å². The molecule has 1 saturated heterocycles. The summed E-state index contributed by atoms with van der Waals surface area (Å²) in [6.07, 6.45) is 0.324. The number of ether oxygens (including phenoxy) is 1. The lowest BCUT2D eigenvalue weighted by atomic mass is 9.97. The highest BCUT2D eigenvalue weighted by molar-refractivity contribution is 5.64. The monoisotopic (exact) mass is 158 g/mol. The molecule has 2 atom stereocenters. The fourth-order valence-electron chi connectivity index (χ4n) is 1.27. The number of carbonyl (C=O) groups is 1. The molecule has 0 spiro atoms. The molecule has 1 aliphatic rings. The number of piperidine rings is 1. The summed E-state index contributed by atoms with van der Waals surface area (Å²) in [5.41, 5.74) is 4.90. The van der Waals surface area contributed by atoms with Crippen molar-refractivity contribution in [3.63, 3.8) is 0 Å². The Labute approximate surface area is 66.1 Å². The number of amides is 1. The van der Waals surface area contributed by atoms with Crippen molar-refractivity contribution < 1.29 is 9.53 Å². The first-order valence-corrected chi connectivity index (χ1v) is 3.87. The summed E-state index contributed by atoms with van der Waals surface area (Å²) >= 11 is 0. The fraction of sp³-hybridized carbons (Fsp3) is 0.857. The SMILES string of the molecule is C[C@H]1CCNC[C@@H]1OC(N)=O. The van der Waals surface area contributed by atoms with Gasteiger partial charge in [-0.3, -0.25) is 0 Å². The van der Waals surface area contributed by atoms with Gasteiger partial charge < -0.3 is 15.8 Å². The maximum atomic E-state index is 10.4. The van der Waals surface area contributed by atoms with Crippen molar-refractivity contribution in [2.45, 2.75) is 19.4 Å². The highest BCUT2D eigenvalue weighted by Crippen LogP contribution is 2.14. The molecule has 1 aliphatic heterocycles. The molecule has 0 aliphatic carbocycles. The van der Waals surface area contributed by atoms with Crippen molar-refractivity contribution in [1.29, 1.82) is 0 Å². The van der Waals surface area contributed by atoms with Crippen molar-refractivity contribution in [3.8, 4) is 0 Å². The summed E-state index contributed by atoms with van der Waals surface area (Å²) in [5, 5.41) is 3.14. The molecule has 0 radical (unpaired) electrons. The Morgan fingerprint density at radius 1 is 1.73 bits per heavy atom. The predicted molar refractivity (Wildman–Crippen MR) is 41.1 cm³/mol. The molecule has 4 nitrogen and oxygen atoms in total. The maximum Gasteiger partial charge on any atom is 0.404 e.